The summed E-state index contributed by atoms with van der Waals surface area (Å²) in [6.07, 6.45) is 0.0743. The van der Waals surface area contributed by atoms with Gasteiger partial charge < -0.3 is 30.1 Å². The molecule has 0 unspecified atom stereocenters. The minimum atomic E-state index is -0.865. The molecule has 1 rings (SSSR count). The van der Waals surface area contributed by atoms with E-state index in [1.54, 1.807) is 48.6 Å². The Morgan fingerprint density at radius 2 is 1.53 bits per heavy atom. The van der Waals surface area contributed by atoms with Crippen molar-refractivity contribution in [2.45, 2.75) is 84.1 Å². The Hall–Kier alpha value is -2.81. The van der Waals surface area contributed by atoms with Crippen LogP contribution < -0.4 is 10.6 Å². The summed E-state index contributed by atoms with van der Waals surface area (Å²) in [7, 11) is 1.60. The second-order valence-electron chi connectivity index (χ2n) is 10.2. The SMILES string of the molecule is CN(C(=O)[C@H](Cc1ccccc1)NC(=O)OC(C)(C)C)[C@H](CO)CCCNC(=O)OC(C)(C)C. The van der Waals surface area contributed by atoms with Crippen LogP contribution in [0, 0.1) is 0 Å². The second kappa shape index (κ2) is 13.2. The number of hydrogen-bond donors (Lipinski definition) is 3. The number of likely N-dealkylation sites (N-methyl/N-ethyl adjacent to an activating group) is 1. The van der Waals surface area contributed by atoms with Gasteiger partial charge in [0.1, 0.15) is 17.2 Å². The predicted molar refractivity (Wildman–Crippen MR) is 130 cm³/mol. The van der Waals surface area contributed by atoms with Gasteiger partial charge in [0.25, 0.3) is 0 Å². The van der Waals surface area contributed by atoms with Crippen molar-refractivity contribution in [3.8, 4) is 0 Å². The third-order valence-electron chi connectivity index (χ3n) is 4.76. The van der Waals surface area contributed by atoms with Gasteiger partial charge in [0, 0.05) is 20.0 Å². The van der Waals surface area contributed by atoms with Crippen LogP contribution in [-0.4, -0.2) is 71.6 Å². The number of hydrogen-bond acceptors (Lipinski definition) is 6. The van der Waals surface area contributed by atoms with Crippen molar-refractivity contribution in [3.05, 3.63) is 35.9 Å². The van der Waals surface area contributed by atoms with E-state index in [4.69, 9.17) is 9.47 Å². The standard InChI is InChI=1S/C25H41N3O6/c1-24(2,3)33-22(31)26-15-11-14-19(17-29)28(7)21(30)20(16-18-12-9-8-10-13-18)27-23(32)34-25(4,5)6/h8-10,12-13,19-20,29H,11,14-17H2,1-7H3,(H,26,31)(H,27,32)/t19-,20-/m0/s1. The van der Waals surface area contributed by atoms with Crippen LogP contribution in [0.3, 0.4) is 0 Å². The average molecular weight is 480 g/mol. The van der Waals surface area contributed by atoms with Crippen molar-refractivity contribution in [3.63, 3.8) is 0 Å². The molecule has 0 spiro atoms. The van der Waals surface area contributed by atoms with Gasteiger partial charge in [-0.3, -0.25) is 4.79 Å². The van der Waals surface area contributed by atoms with Gasteiger partial charge in [-0.25, -0.2) is 9.59 Å². The molecule has 0 aliphatic heterocycles. The van der Waals surface area contributed by atoms with Crippen molar-refractivity contribution in [2.75, 3.05) is 20.2 Å². The Balaban J connectivity index is 2.78. The summed E-state index contributed by atoms with van der Waals surface area (Å²) in [5.41, 5.74) is -0.405. The molecule has 0 fully saturated rings. The number of alkyl carbamates (subject to hydrolysis) is 2. The van der Waals surface area contributed by atoms with Crippen molar-refractivity contribution in [2.24, 2.45) is 0 Å². The zero-order valence-electron chi connectivity index (χ0n) is 21.5. The lowest BCUT2D eigenvalue weighted by Crippen LogP contribution is -2.53. The van der Waals surface area contributed by atoms with Gasteiger partial charge in [-0.15, -0.1) is 0 Å². The summed E-state index contributed by atoms with van der Waals surface area (Å²) in [5.74, 6) is -0.339. The van der Waals surface area contributed by atoms with Crippen LogP contribution in [0.5, 0.6) is 0 Å². The van der Waals surface area contributed by atoms with E-state index >= 15 is 0 Å². The number of aliphatic hydroxyl groups excluding tert-OH is 1. The molecule has 1 aromatic rings. The number of ether oxygens (including phenoxy) is 2. The van der Waals surface area contributed by atoms with Crippen LogP contribution in [0.15, 0.2) is 30.3 Å². The topological polar surface area (TPSA) is 117 Å². The molecule has 0 radical (unpaired) electrons. The Morgan fingerprint density at radius 3 is 2.06 bits per heavy atom. The summed E-state index contributed by atoms with van der Waals surface area (Å²) in [6.45, 7) is 10.7. The van der Waals surface area contributed by atoms with Crippen LogP contribution in [0.1, 0.15) is 59.9 Å². The number of rotatable bonds is 10. The second-order valence-corrected chi connectivity index (χ2v) is 10.2. The fourth-order valence-corrected chi connectivity index (χ4v) is 3.18. The molecule has 3 N–H and O–H groups in total. The van der Waals surface area contributed by atoms with Crippen molar-refractivity contribution >= 4 is 18.1 Å². The van der Waals surface area contributed by atoms with Crippen LogP contribution in [0.2, 0.25) is 0 Å². The first-order valence-electron chi connectivity index (χ1n) is 11.6. The maximum Gasteiger partial charge on any atom is 0.408 e. The van der Waals surface area contributed by atoms with Crippen molar-refractivity contribution in [1.29, 1.82) is 0 Å². The van der Waals surface area contributed by atoms with Crippen LogP contribution in [0.4, 0.5) is 9.59 Å². The summed E-state index contributed by atoms with van der Waals surface area (Å²) in [4.78, 5) is 38.9. The molecule has 0 saturated heterocycles. The van der Waals surface area contributed by atoms with E-state index in [9.17, 15) is 19.5 Å². The van der Waals surface area contributed by atoms with E-state index in [1.807, 2.05) is 30.3 Å². The van der Waals surface area contributed by atoms with Crippen LogP contribution in [-0.2, 0) is 20.7 Å². The first kappa shape index (κ1) is 29.2. The molecule has 2 atom stereocenters. The Morgan fingerprint density at radius 1 is 0.971 bits per heavy atom. The molecule has 0 aromatic heterocycles. The van der Waals surface area contributed by atoms with E-state index < -0.39 is 35.5 Å². The summed E-state index contributed by atoms with van der Waals surface area (Å²) >= 11 is 0. The quantitative estimate of drug-likeness (QED) is 0.444. The number of carbonyl (C=O) groups is 3. The minimum absolute atomic E-state index is 0.251. The lowest BCUT2D eigenvalue weighted by molar-refractivity contribution is -0.135. The van der Waals surface area contributed by atoms with E-state index in [1.165, 1.54) is 4.90 Å². The molecule has 34 heavy (non-hydrogen) atoms. The normalized spacial score (nSPS) is 13.4. The number of nitrogens with one attached hydrogen (secondary N) is 2. The lowest BCUT2D eigenvalue weighted by atomic mass is 10.0. The van der Waals surface area contributed by atoms with Gasteiger partial charge in [0.15, 0.2) is 0 Å². The van der Waals surface area contributed by atoms with Gasteiger partial charge in [-0.05, 0) is 59.9 Å². The molecule has 3 amide bonds. The first-order chi connectivity index (χ1) is 15.7. The van der Waals surface area contributed by atoms with E-state index in [0.29, 0.717) is 19.4 Å². The zero-order valence-corrected chi connectivity index (χ0v) is 21.5. The largest absolute Gasteiger partial charge is 0.444 e. The monoisotopic (exact) mass is 479 g/mol. The third kappa shape index (κ3) is 11.9. The third-order valence-corrected chi connectivity index (χ3v) is 4.76. The maximum absolute atomic E-state index is 13.3. The minimum Gasteiger partial charge on any atom is -0.444 e. The molecule has 0 heterocycles. The van der Waals surface area contributed by atoms with Gasteiger partial charge >= 0.3 is 12.2 Å². The maximum atomic E-state index is 13.3. The molecule has 192 valence electrons. The Kier molecular flexibility index (Phi) is 11.3. The summed E-state index contributed by atoms with van der Waals surface area (Å²) < 4.78 is 10.5. The molecule has 0 aliphatic rings. The van der Waals surface area contributed by atoms with Gasteiger partial charge in [0.2, 0.25) is 5.91 Å². The smallest absolute Gasteiger partial charge is 0.408 e. The summed E-state index contributed by atoms with van der Waals surface area (Å²) in [5, 5.41) is 15.2. The highest BCUT2D eigenvalue weighted by Crippen LogP contribution is 2.13. The molecule has 0 aliphatic carbocycles. The number of benzene rings is 1. The average Bonchev–Trinajstić information content (AvgIpc) is 2.70. The number of amides is 3. The van der Waals surface area contributed by atoms with Crippen molar-refractivity contribution < 1.29 is 29.0 Å². The Bertz CT molecular complexity index is 786. The molecule has 9 nitrogen and oxygen atoms in total. The molecule has 0 saturated carbocycles. The van der Waals surface area contributed by atoms with Crippen LogP contribution >= 0.6 is 0 Å². The zero-order chi connectivity index (χ0) is 25.9. The van der Waals surface area contributed by atoms with Gasteiger partial charge in [-0.2, -0.15) is 0 Å². The fourth-order valence-electron chi connectivity index (χ4n) is 3.18. The lowest BCUT2D eigenvalue weighted by Gasteiger charge is -2.31. The highest BCUT2D eigenvalue weighted by Gasteiger charge is 2.30. The first-order valence-corrected chi connectivity index (χ1v) is 11.6. The number of aliphatic hydroxyl groups is 1. The number of nitrogens with zero attached hydrogens (tertiary/aromatic N) is 1. The van der Waals surface area contributed by atoms with Gasteiger partial charge in [0.05, 0.1) is 12.6 Å². The van der Waals surface area contributed by atoms with E-state index in [0.717, 1.165) is 5.56 Å². The molecular weight excluding hydrogens is 438 g/mol. The predicted octanol–water partition coefficient (Wildman–Crippen LogP) is 3.25. The number of carbonyl (C=O) groups excluding carboxylic acids is 3. The van der Waals surface area contributed by atoms with E-state index in [-0.39, 0.29) is 18.9 Å². The van der Waals surface area contributed by atoms with Crippen LogP contribution in [0.25, 0.3) is 0 Å². The Labute approximate surface area is 203 Å². The summed E-state index contributed by atoms with van der Waals surface area (Å²) in [6, 6.07) is 8.01. The molecule has 0 bridgehead atoms. The fraction of sp³-hybridized carbons (Fsp3) is 0.640. The molecule has 9 heteroatoms. The molecule has 1 aromatic carbocycles. The molecular formula is C25H41N3O6. The van der Waals surface area contributed by atoms with Crippen molar-refractivity contribution in [1.82, 2.24) is 15.5 Å². The highest BCUT2D eigenvalue weighted by atomic mass is 16.6. The van der Waals surface area contributed by atoms with E-state index in [2.05, 4.69) is 10.6 Å². The highest BCUT2D eigenvalue weighted by molar-refractivity contribution is 5.86. The van der Waals surface area contributed by atoms with Gasteiger partial charge in [-0.1, -0.05) is 30.3 Å².